The van der Waals surface area contributed by atoms with Crippen LogP contribution in [0.1, 0.15) is 45.1 Å². The molecule has 1 saturated heterocycles. The maximum atomic E-state index is 12.8. The molecule has 2 rings (SSSR count). The van der Waals surface area contributed by atoms with Crippen LogP contribution in [0.4, 0.5) is 0 Å². The molecular formula is C19H32N2O3S. The van der Waals surface area contributed by atoms with Crippen molar-refractivity contribution < 1.29 is 13.2 Å². The molecule has 142 valence electrons. The van der Waals surface area contributed by atoms with Crippen molar-refractivity contribution in [2.45, 2.75) is 57.0 Å². The third-order valence-electron chi connectivity index (χ3n) is 4.67. The highest BCUT2D eigenvalue weighted by Gasteiger charge is 2.29. The van der Waals surface area contributed by atoms with E-state index < -0.39 is 10.0 Å². The van der Waals surface area contributed by atoms with E-state index in [9.17, 15) is 8.42 Å². The summed E-state index contributed by atoms with van der Waals surface area (Å²) in [7, 11) is -3.40. The molecule has 0 amide bonds. The summed E-state index contributed by atoms with van der Waals surface area (Å²) in [4.78, 5) is 0.392. The van der Waals surface area contributed by atoms with Gasteiger partial charge in [-0.05, 0) is 62.3 Å². The molecule has 25 heavy (non-hydrogen) atoms. The first-order chi connectivity index (χ1) is 11.9. The maximum absolute atomic E-state index is 12.8. The van der Waals surface area contributed by atoms with Crippen LogP contribution >= 0.6 is 0 Å². The number of nitrogens with zero attached hydrogens (tertiary/aromatic N) is 1. The Labute approximate surface area is 152 Å². The summed E-state index contributed by atoms with van der Waals surface area (Å²) in [6.45, 7) is 6.71. The lowest BCUT2D eigenvalue weighted by Gasteiger charge is -2.31. The third-order valence-corrected chi connectivity index (χ3v) is 6.59. The van der Waals surface area contributed by atoms with Crippen LogP contribution in [0.15, 0.2) is 29.2 Å². The summed E-state index contributed by atoms with van der Waals surface area (Å²) in [6, 6.07) is 7.37. The fraction of sp³-hybridized carbons (Fsp3) is 0.684. The molecule has 1 fully saturated rings. The first-order valence-electron chi connectivity index (χ1n) is 9.34. The summed E-state index contributed by atoms with van der Waals surface area (Å²) in [5.41, 5.74) is 6.66. The SMILES string of the molecule is CC(C)CCc1ccc(S(=O)(=O)N2CCC(OCCCN)CC2)cc1. The first kappa shape index (κ1) is 20.4. The fourth-order valence-corrected chi connectivity index (χ4v) is 4.47. The average molecular weight is 369 g/mol. The van der Waals surface area contributed by atoms with E-state index in [1.807, 2.05) is 12.1 Å². The Morgan fingerprint density at radius 2 is 1.84 bits per heavy atom. The van der Waals surface area contributed by atoms with Crippen molar-refractivity contribution in [1.29, 1.82) is 0 Å². The molecule has 1 aromatic carbocycles. The second-order valence-corrected chi connectivity index (χ2v) is 9.13. The van der Waals surface area contributed by atoms with Crippen LogP contribution < -0.4 is 5.73 Å². The number of hydrogen-bond acceptors (Lipinski definition) is 4. The van der Waals surface area contributed by atoms with Crippen LogP contribution in [0.3, 0.4) is 0 Å². The van der Waals surface area contributed by atoms with E-state index in [-0.39, 0.29) is 6.10 Å². The minimum absolute atomic E-state index is 0.149. The van der Waals surface area contributed by atoms with Crippen molar-refractivity contribution in [1.82, 2.24) is 4.31 Å². The van der Waals surface area contributed by atoms with Gasteiger partial charge in [0.1, 0.15) is 0 Å². The first-order valence-corrected chi connectivity index (χ1v) is 10.8. The van der Waals surface area contributed by atoms with Crippen LogP contribution in [0.25, 0.3) is 0 Å². The molecule has 5 nitrogen and oxygen atoms in total. The van der Waals surface area contributed by atoms with Crippen LogP contribution in [0.5, 0.6) is 0 Å². The zero-order valence-electron chi connectivity index (χ0n) is 15.5. The van der Waals surface area contributed by atoms with Crippen molar-refractivity contribution in [3.05, 3.63) is 29.8 Å². The number of nitrogens with two attached hydrogens (primary N) is 1. The van der Waals surface area contributed by atoms with Gasteiger partial charge in [-0.2, -0.15) is 4.31 Å². The lowest BCUT2D eigenvalue weighted by molar-refractivity contribution is 0.0209. The molecule has 0 radical (unpaired) electrons. The molecule has 0 spiro atoms. The van der Waals surface area contributed by atoms with Crippen molar-refractivity contribution in [2.24, 2.45) is 11.7 Å². The highest BCUT2D eigenvalue weighted by Crippen LogP contribution is 2.23. The topological polar surface area (TPSA) is 72.6 Å². The standard InChI is InChI=1S/C19H32N2O3S/c1-16(2)4-5-17-6-8-19(9-7-17)25(22,23)21-13-10-18(11-14-21)24-15-3-12-20/h6-9,16,18H,3-5,10-15,20H2,1-2H3. The summed E-state index contributed by atoms with van der Waals surface area (Å²) >= 11 is 0. The Balaban J connectivity index is 1.91. The fourth-order valence-electron chi connectivity index (χ4n) is 3.00. The lowest BCUT2D eigenvalue weighted by atomic mass is 10.0. The average Bonchev–Trinajstić information content (AvgIpc) is 2.61. The van der Waals surface area contributed by atoms with Gasteiger partial charge in [0.05, 0.1) is 11.0 Å². The number of sulfonamides is 1. The monoisotopic (exact) mass is 368 g/mol. The molecule has 0 aliphatic carbocycles. The van der Waals surface area contributed by atoms with Crippen LogP contribution in [0.2, 0.25) is 0 Å². The summed E-state index contributed by atoms with van der Waals surface area (Å²) in [5, 5.41) is 0. The van der Waals surface area contributed by atoms with Gasteiger partial charge in [-0.15, -0.1) is 0 Å². The molecular weight excluding hydrogens is 336 g/mol. The molecule has 1 heterocycles. The number of rotatable bonds is 9. The molecule has 0 atom stereocenters. The van der Waals surface area contributed by atoms with Crippen molar-refractivity contribution in [3.8, 4) is 0 Å². The largest absolute Gasteiger partial charge is 0.378 e. The van der Waals surface area contributed by atoms with E-state index >= 15 is 0 Å². The quantitative estimate of drug-likeness (QED) is 0.680. The predicted octanol–water partition coefficient (Wildman–Crippen LogP) is 2.79. The van der Waals surface area contributed by atoms with E-state index in [1.165, 1.54) is 5.56 Å². The predicted molar refractivity (Wildman–Crippen MR) is 101 cm³/mol. The van der Waals surface area contributed by atoms with Gasteiger partial charge >= 0.3 is 0 Å². The van der Waals surface area contributed by atoms with Crippen molar-refractivity contribution >= 4 is 10.0 Å². The Morgan fingerprint density at radius 3 is 2.40 bits per heavy atom. The maximum Gasteiger partial charge on any atom is 0.243 e. The lowest BCUT2D eigenvalue weighted by Crippen LogP contribution is -2.41. The molecule has 0 saturated carbocycles. The van der Waals surface area contributed by atoms with Crippen LogP contribution in [-0.4, -0.2) is 45.1 Å². The highest BCUT2D eigenvalue weighted by molar-refractivity contribution is 7.89. The van der Waals surface area contributed by atoms with E-state index in [0.29, 0.717) is 37.1 Å². The molecule has 1 aliphatic rings. The second-order valence-electron chi connectivity index (χ2n) is 7.19. The summed E-state index contributed by atoms with van der Waals surface area (Å²) in [6.07, 6.45) is 4.60. The summed E-state index contributed by atoms with van der Waals surface area (Å²) < 4.78 is 32.9. The van der Waals surface area contributed by atoms with Crippen molar-refractivity contribution in [3.63, 3.8) is 0 Å². The van der Waals surface area contributed by atoms with Gasteiger partial charge in [-0.1, -0.05) is 26.0 Å². The molecule has 2 N–H and O–H groups in total. The van der Waals surface area contributed by atoms with Gasteiger partial charge in [0, 0.05) is 19.7 Å². The van der Waals surface area contributed by atoms with E-state index in [0.717, 1.165) is 32.1 Å². The van der Waals surface area contributed by atoms with Crippen LogP contribution in [0, 0.1) is 5.92 Å². The normalized spacial score (nSPS) is 17.3. The van der Waals surface area contributed by atoms with E-state index in [4.69, 9.17) is 10.5 Å². The Morgan fingerprint density at radius 1 is 1.20 bits per heavy atom. The zero-order chi connectivity index (χ0) is 18.3. The van der Waals surface area contributed by atoms with Crippen molar-refractivity contribution in [2.75, 3.05) is 26.2 Å². The Bertz CT molecular complexity index is 606. The van der Waals surface area contributed by atoms with Gasteiger partial charge in [-0.25, -0.2) is 8.42 Å². The molecule has 0 unspecified atom stereocenters. The third kappa shape index (κ3) is 6.06. The van der Waals surface area contributed by atoms with Crippen LogP contribution in [-0.2, 0) is 21.2 Å². The Hall–Kier alpha value is -0.950. The van der Waals surface area contributed by atoms with Gasteiger partial charge in [0.25, 0.3) is 0 Å². The minimum Gasteiger partial charge on any atom is -0.378 e. The molecule has 0 aromatic heterocycles. The number of aryl methyl sites for hydroxylation is 1. The zero-order valence-corrected chi connectivity index (χ0v) is 16.3. The van der Waals surface area contributed by atoms with Gasteiger partial charge < -0.3 is 10.5 Å². The number of ether oxygens (including phenoxy) is 1. The minimum atomic E-state index is -3.40. The van der Waals surface area contributed by atoms with Gasteiger partial charge in [-0.3, -0.25) is 0 Å². The smallest absolute Gasteiger partial charge is 0.243 e. The molecule has 0 bridgehead atoms. The van der Waals surface area contributed by atoms with Gasteiger partial charge in [0.2, 0.25) is 10.0 Å². The second kappa shape index (κ2) is 9.67. The number of piperidine rings is 1. The molecule has 6 heteroatoms. The number of hydrogen-bond donors (Lipinski definition) is 1. The Kier molecular flexibility index (Phi) is 7.87. The van der Waals surface area contributed by atoms with E-state index in [2.05, 4.69) is 13.8 Å². The number of benzene rings is 1. The van der Waals surface area contributed by atoms with E-state index in [1.54, 1.807) is 16.4 Å². The highest BCUT2D eigenvalue weighted by atomic mass is 32.2. The van der Waals surface area contributed by atoms with Gasteiger partial charge in [0.15, 0.2) is 0 Å². The molecule has 1 aliphatic heterocycles. The molecule has 1 aromatic rings. The summed E-state index contributed by atoms with van der Waals surface area (Å²) in [5.74, 6) is 0.650.